The van der Waals surface area contributed by atoms with E-state index in [1.165, 1.54) is 12.8 Å². The first-order valence-corrected chi connectivity index (χ1v) is 9.89. The first-order valence-electron chi connectivity index (χ1n) is 9.89. The molecule has 148 valence electrons. The van der Waals surface area contributed by atoms with Gasteiger partial charge in [0.2, 0.25) is 23.5 Å². The van der Waals surface area contributed by atoms with Gasteiger partial charge in [0.05, 0.1) is 19.0 Å². The standard InChI is InChI=1S/C20H25N5O3/c26-17(12-16-20(27)21-10-11-25(16)15-8-4-5-9-15)22-13-18-23-19(24-28-18)14-6-2-1-3-7-14/h1-3,6-7,15-16H,4-5,8-13H2,(H,21,27)(H,22,26). The van der Waals surface area contributed by atoms with Crippen LogP contribution in [0, 0.1) is 0 Å². The van der Waals surface area contributed by atoms with Gasteiger partial charge < -0.3 is 15.2 Å². The Hall–Kier alpha value is -2.74. The largest absolute Gasteiger partial charge is 0.353 e. The van der Waals surface area contributed by atoms with Crippen LogP contribution in [-0.2, 0) is 16.1 Å². The number of carbonyl (C=O) groups excluding carboxylic acids is 2. The van der Waals surface area contributed by atoms with E-state index in [4.69, 9.17) is 4.52 Å². The molecule has 0 spiro atoms. The molecule has 2 heterocycles. The van der Waals surface area contributed by atoms with Crippen molar-refractivity contribution in [2.45, 2.75) is 50.7 Å². The summed E-state index contributed by atoms with van der Waals surface area (Å²) in [7, 11) is 0. The quantitative estimate of drug-likeness (QED) is 0.784. The van der Waals surface area contributed by atoms with Gasteiger partial charge in [0.15, 0.2) is 0 Å². The van der Waals surface area contributed by atoms with Crippen molar-refractivity contribution in [1.29, 1.82) is 0 Å². The molecule has 1 aromatic carbocycles. The fourth-order valence-electron chi connectivity index (χ4n) is 4.07. The van der Waals surface area contributed by atoms with Crippen LogP contribution in [-0.4, -0.2) is 52.0 Å². The zero-order valence-electron chi connectivity index (χ0n) is 15.8. The van der Waals surface area contributed by atoms with Gasteiger partial charge in [-0.05, 0) is 12.8 Å². The van der Waals surface area contributed by atoms with Gasteiger partial charge in [-0.25, -0.2) is 0 Å². The van der Waals surface area contributed by atoms with Gasteiger partial charge in [-0.15, -0.1) is 0 Å². The summed E-state index contributed by atoms with van der Waals surface area (Å²) >= 11 is 0. The Bertz CT molecular complexity index is 816. The molecule has 1 aliphatic heterocycles. The van der Waals surface area contributed by atoms with E-state index in [1.807, 2.05) is 30.3 Å². The molecule has 0 bridgehead atoms. The number of nitrogens with zero attached hydrogens (tertiary/aromatic N) is 3. The normalized spacial score (nSPS) is 20.9. The summed E-state index contributed by atoms with van der Waals surface area (Å²) in [5.41, 5.74) is 0.856. The number of hydrogen-bond donors (Lipinski definition) is 2. The topological polar surface area (TPSA) is 100 Å². The highest BCUT2D eigenvalue weighted by Gasteiger charge is 2.36. The molecular weight excluding hydrogens is 358 g/mol. The Morgan fingerprint density at radius 3 is 2.82 bits per heavy atom. The highest BCUT2D eigenvalue weighted by atomic mass is 16.5. The van der Waals surface area contributed by atoms with Crippen LogP contribution < -0.4 is 10.6 Å². The summed E-state index contributed by atoms with van der Waals surface area (Å²) in [6, 6.07) is 9.52. The monoisotopic (exact) mass is 383 g/mol. The second kappa shape index (κ2) is 8.52. The first kappa shape index (κ1) is 18.6. The Balaban J connectivity index is 1.33. The molecular formula is C20H25N5O3. The van der Waals surface area contributed by atoms with Crippen molar-refractivity contribution < 1.29 is 14.1 Å². The Kier molecular flexibility index (Phi) is 5.66. The number of piperazine rings is 1. The molecule has 4 rings (SSSR count). The molecule has 2 aromatic rings. The summed E-state index contributed by atoms with van der Waals surface area (Å²) in [5, 5.41) is 9.63. The van der Waals surface area contributed by atoms with E-state index in [-0.39, 0.29) is 24.8 Å². The smallest absolute Gasteiger partial charge is 0.246 e. The summed E-state index contributed by atoms with van der Waals surface area (Å²) in [4.78, 5) is 31.3. The van der Waals surface area contributed by atoms with Crippen LogP contribution in [0.25, 0.3) is 11.4 Å². The summed E-state index contributed by atoms with van der Waals surface area (Å²) in [6.45, 7) is 1.60. The minimum absolute atomic E-state index is 0.0579. The fourth-order valence-corrected chi connectivity index (χ4v) is 4.07. The first-order chi connectivity index (χ1) is 13.7. The number of carbonyl (C=O) groups is 2. The van der Waals surface area contributed by atoms with Crippen LogP contribution in [0.1, 0.15) is 38.0 Å². The van der Waals surface area contributed by atoms with Crippen molar-refractivity contribution in [3.8, 4) is 11.4 Å². The molecule has 1 unspecified atom stereocenters. The fraction of sp³-hybridized carbons (Fsp3) is 0.500. The lowest BCUT2D eigenvalue weighted by Gasteiger charge is -2.38. The van der Waals surface area contributed by atoms with E-state index in [0.29, 0.717) is 24.3 Å². The van der Waals surface area contributed by atoms with Crippen molar-refractivity contribution >= 4 is 11.8 Å². The third-order valence-electron chi connectivity index (χ3n) is 5.48. The van der Waals surface area contributed by atoms with E-state index in [2.05, 4.69) is 25.7 Å². The van der Waals surface area contributed by atoms with Crippen molar-refractivity contribution in [3.63, 3.8) is 0 Å². The lowest BCUT2D eigenvalue weighted by molar-refractivity contribution is -0.135. The second-order valence-electron chi connectivity index (χ2n) is 7.34. The van der Waals surface area contributed by atoms with Crippen molar-refractivity contribution in [2.24, 2.45) is 0 Å². The molecule has 2 N–H and O–H groups in total. The molecule has 28 heavy (non-hydrogen) atoms. The molecule has 0 radical (unpaired) electrons. The van der Waals surface area contributed by atoms with Crippen molar-refractivity contribution in [2.75, 3.05) is 13.1 Å². The summed E-state index contributed by atoms with van der Waals surface area (Å²) in [6.07, 6.45) is 4.75. The Morgan fingerprint density at radius 2 is 2.04 bits per heavy atom. The van der Waals surface area contributed by atoms with Crippen LogP contribution in [0.5, 0.6) is 0 Å². The SMILES string of the molecule is O=C(CC1C(=O)NCCN1C1CCCC1)NCc1nc(-c2ccccc2)no1. The van der Waals surface area contributed by atoms with Crippen molar-refractivity contribution in [3.05, 3.63) is 36.2 Å². The molecule has 1 saturated heterocycles. The van der Waals surface area contributed by atoms with Gasteiger partial charge in [0.1, 0.15) is 0 Å². The van der Waals surface area contributed by atoms with Crippen LogP contribution in [0.4, 0.5) is 0 Å². The molecule has 1 saturated carbocycles. The van der Waals surface area contributed by atoms with Crippen molar-refractivity contribution in [1.82, 2.24) is 25.7 Å². The third kappa shape index (κ3) is 4.22. The predicted molar refractivity (Wildman–Crippen MR) is 102 cm³/mol. The van der Waals surface area contributed by atoms with Gasteiger partial charge in [-0.2, -0.15) is 4.98 Å². The minimum Gasteiger partial charge on any atom is -0.353 e. The number of hydrogen-bond acceptors (Lipinski definition) is 6. The van der Waals surface area contributed by atoms with E-state index >= 15 is 0 Å². The van der Waals surface area contributed by atoms with E-state index in [1.54, 1.807) is 0 Å². The van der Waals surface area contributed by atoms with E-state index in [9.17, 15) is 9.59 Å². The molecule has 2 amide bonds. The average molecular weight is 383 g/mol. The van der Waals surface area contributed by atoms with E-state index in [0.717, 1.165) is 24.9 Å². The highest BCUT2D eigenvalue weighted by molar-refractivity contribution is 5.88. The van der Waals surface area contributed by atoms with Gasteiger partial charge in [-0.1, -0.05) is 48.3 Å². The second-order valence-corrected chi connectivity index (χ2v) is 7.34. The number of benzene rings is 1. The maximum Gasteiger partial charge on any atom is 0.246 e. The van der Waals surface area contributed by atoms with Crippen LogP contribution >= 0.6 is 0 Å². The van der Waals surface area contributed by atoms with Crippen LogP contribution in [0.15, 0.2) is 34.9 Å². The van der Waals surface area contributed by atoms with Crippen LogP contribution in [0.3, 0.4) is 0 Å². The minimum atomic E-state index is -0.403. The number of aromatic nitrogens is 2. The zero-order valence-corrected chi connectivity index (χ0v) is 15.8. The maximum atomic E-state index is 12.5. The molecule has 1 aromatic heterocycles. The molecule has 8 heteroatoms. The van der Waals surface area contributed by atoms with E-state index < -0.39 is 6.04 Å². The maximum absolute atomic E-state index is 12.5. The summed E-state index contributed by atoms with van der Waals surface area (Å²) in [5.74, 6) is 0.582. The lowest BCUT2D eigenvalue weighted by atomic mass is 10.0. The molecule has 2 fully saturated rings. The number of nitrogens with one attached hydrogen (secondary N) is 2. The number of amides is 2. The molecule has 1 atom stereocenters. The van der Waals surface area contributed by atoms with Gasteiger partial charge in [-0.3, -0.25) is 14.5 Å². The molecule has 2 aliphatic rings. The Labute approximate surface area is 163 Å². The molecule has 8 nitrogen and oxygen atoms in total. The average Bonchev–Trinajstić information content (AvgIpc) is 3.41. The Morgan fingerprint density at radius 1 is 1.25 bits per heavy atom. The highest BCUT2D eigenvalue weighted by Crippen LogP contribution is 2.27. The number of rotatable bonds is 6. The summed E-state index contributed by atoms with van der Waals surface area (Å²) < 4.78 is 5.22. The predicted octanol–water partition coefficient (Wildman–Crippen LogP) is 1.49. The van der Waals surface area contributed by atoms with Gasteiger partial charge >= 0.3 is 0 Å². The van der Waals surface area contributed by atoms with Gasteiger partial charge in [0, 0.05) is 24.7 Å². The van der Waals surface area contributed by atoms with Crippen LogP contribution in [0.2, 0.25) is 0 Å². The third-order valence-corrected chi connectivity index (χ3v) is 5.48. The van der Waals surface area contributed by atoms with Gasteiger partial charge in [0.25, 0.3) is 0 Å². The lowest BCUT2D eigenvalue weighted by Crippen LogP contribution is -2.59. The molecule has 1 aliphatic carbocycles. The zero-order chi connectivity index (χ0) is 19.3.